The van der Waals surface area contributed by atoms with Crippen LogP contribution in [-0.4, -0.2) is 49.8 Å². The van der Waals surface area contributed by atoms with Crippen molar-refractivity contribution in [3.05, 3.63) is 28.8 Å². The maximum absolute atomic E-state index is 13.1. The van der Waals surface area contributed by atoms with Crippen LogP contribution >= 0.6 is 11.6 Å². The number of likely N-dealkylation sites (tertiary alicyclic amines) is 1. The minimum Gasteiger partial charge on any atom is -0.447 e. The molecule has 7 heteroatoms. The van der Waals surface area contributed by atoms with Gasteiger partial charge in [0.2, 0.25) is 0 Å². The van der Waals surface area contributed by atoms with Crippen molar-refractivity contribution >= 4 is 29.3 Å². The van der Waals surface area contributed by atoms with Gasteiger partial charge in [0.05, 0.1) is 17.2 Å². The second kappa shape index (κ2) is 9.42. The number of rotatable bonds is 5. The fourth-order valence-corrected chi connectivity index (χ4v) is 4.43. The van der Waals surface area contributed by atoms with Crippen LogP contribution in [0.15, 0.2) is 18.2 Å². The third kappa shape index (κ3) is 4.93. The lowest BCUT2D eigenvalue weighted by Crippen LogP contribution is -2.49. The van der Waals surface area contributed by atoms with Crippen molar-refractivity contribution in [1.29, 1.82) is 0 Å². The lowest BCUT2D eigenvalue weighted by molar-refractivity contribution is 0.0391. The monoisotopic (exact) mass is 394 g/mol. The third-order valence-electron chi connectivity index (χ3n) is 5.47. The second-order valence-electron chi connectivity index (χ2n) is 7.20. The van der Waals surface area contributed by atoms with E-state index in [1.807, 2.05) is 4.90 Å². The Labute approximate surface area is 165 Å². The molecule has 2 fully saturated rings. The smallest absolute Gasteiger partial charge is 0.411 e. The van der Waals surface area contributed by atoms with Crippen LogP contribution in [0.25, 0.3) is 0 Å². The van der Waals surface area contributed by atoms with E-state index >= 15 is 0 Å². The van der Waals surface area contributed by atoms with Gasteiger partial charge >= 0.3 is 6.09 Å². The van der Waals surface area contributed by atoms with Crippen LogP contribution in [0.2, 0.25) is 5.02 Å². The van der Waals surface area contributed by atoms with Gasteiger partial charge in [0.15, 0.2) is 0 Å². The Kier molecular flexibility index (Phi) is 6.96. The van der Waals surface area contributed by atoms with Crippen LogP contribution in [0.5, 0.6) is 0 Å². The number of fused-ring (bicyclic) bond motifs is 1. The summed E-state index contributed by atoms with van der Waals surface area (Å²) >= 11 is 6.37. The van der Waals surface area contributed by atoms with Gasteiger partial charge in [-0.25, -0.2) is 4.79 Å². The molecule has 148 valence electrons. The number of ether oxygens (including phenoxy) is 2. The molecule has 0 bridgehead atoms. The Morgan fingerprint density at radius 2 is 1.96 bits per heavy atom. The maximum atomic E-state index is 13.1. The predicted octanol–water partition coefficient (Wildman–Crippen LogP) is 4.33. The molecule has 1 N–H and O–H groups in total. The molecule has 2 atom stereocenters. The van der Waals surface area contributed by atoms with Crippen LogP contribution in [0.1, 0.15) is 48.9 Å². The Hall–Kier alpha value is -1.79. The highest BCUT2D eigenvalue weighted by atomic mass is 35.5. The van der Waals surface area contributed by atoms with Crippen molar-refractivity contribution in [3.8, 4) is 0 Å². The number of hydrogen-bond donors (Lipinski definition) is 1. The van der Waals surface area contributed by atoms with E-state index in [-0.39, 0.29) is 12.5 Å². The van der Waals surface area contributed by atoms with Crippen molar-refractivity contribution < 1.29 is 19.1 Å². The molecule has 0 aromatic heterocycles. The molecule has 1 aliphatic heterocycles. The number of piperidine rings is 1. The standard InChI is InChI=1S/C20H27ClN2O4/c1-26-11-12-27-20(25)22-15-8-9-16(17(21)13-15)19(24)23-10-4-6-14-5-2-3-7-18(14)23/h8-9,13-14,18H,2-7,10-12H2,1H3,(H,22,25)/t14-,18-/m1/s1. The van der Waals surface area contributed by atoms with E-state index in [9.17, 15) is 9.59 Å². The highest BCUT2D eigenvalue weighted by molar-refractivity contribution is 6.34. The van der Waals surface area contributed by atoms with Crippen LogP contribution in [0.4, 0.5) is 10.5 Å². The van der Waals surface area contributed by atoms with Crippen LogP contribution in [-0.2, 0) is 9.47 Å². The molecule has 2 aliphatic rings. The fraction of sp³-hybridized carbons (Fsp3) is 0.600. The van der Waals surface area contributed by atoms with E-state index in [4.69, 9.17) is 21.1 Å². The summed E-state index contributed by atoms with van der Waals surface area (Å²) in [5.41, 5.74) is 0.981. The third-order valence-corrected chi connectivity index (χ3v) is 5.78. The maximum Gasteiger partial charge on any atom is 0.411 e. The van der Waals surface area contributed by atoms with Crippen LogP contribution < -0.4 is 5.32 Å². The minimum absolute atomic E-state index is 0.00850. The Bertz CT molecular complexity index is 680. The number of halogens is 1. The van der Waals surface area contributed by atoms with Crippen molar-refractivity contribution in [3.63, 3.8) is 0 Å². The summed E-state index contributed by atoms with van der Waals surface area (Å²) in [5, 5.41) is 2.95. The van der Waals surface area contributed by atoms with Crippen LogP contribution in [0, 0.1) is 5.92 Å². The lowest BCUT2D eigenvalue weighted by atomic mass is 9.78. The van der Waals surface area contributed by atoms with E-state index in [1.165, 1.54) is 32.8 Å². The molecule has 27 heavy (non-hydrogen) atoms. The normalized spacial score (nSPS) is 22.1. The summed E-state index contributed by atoms with van der Waals surface area (Å²) in [6, 6.07) is 5.29. The molecule has 2 amide bonds. The topological polar surface area (TPSA) is 67.9 Å². The van der Waals surface area contributed by atoms with Gasteiger partial charge in [-0.2, -0.15) is 0 Å². The van der Waals surface area contributed by atoms with Gasteiger partial charge in [0.25, 0.3) is 5.91 Å². The van der Waals surface area contributed by atoms with E-state index in [2.05, 4.69) is 5.32 Å². The summed E-state index contributed by atoms with van der Waals surface area (Å²) in [6.07, 6.45) is 6.45. The van der Waals surface area contributed by atoms with Gasteiger partial charge in [-0.1, -0.05) is 24.4 Å². The molecule has 0 unspecified atom stereocenters. The van der Waals surface area contributed by atoms with Crippen molar-refractivity contribution in [2.75, 3.05) is 32.2 Å². The quantitative estimate of drug-likeness (QED) is 0.755. The number of nitrogens with zero attached hydrogens (tertiary/aromatic N) is 1. The molecule has 6 nitrogen and oxygen atoms in total. The first kappa shape index (κ1) is 20.0. The Balaban J connectivity index is 1.66. The number of carbonyl (C=O) groups excluding carboxylic acids is 2. The van der Waals surface area contributed by atoms with Gasteiger partial charge in [-0.05, 0) is 49.8 Å². The van der Waals surface area contributed by atoms with Gasteiger partial charge < -0.3 is 14.4 Å². The molecule has 0 spiro atoms. The highest BCUT2D eigenvalue weighted by Crippen LogP contribution is 2.36. The Morgan fingerprint density at radius 3 is 2.74 bits per heavy atom. The molecule has 3 rings (SSSR count). The largest absolute Gasteiger partial charge is 0.447 e. The predicted molar refractivity (Wildman–Crippen MR) is 104 cm³/mol. The zero-order valence-electron chi connectivity index (χ0n) is 15.7. The van der Waals surface area contributed by atoms with E-state index in [1.54, 1.807) is 18.2 Å². The number of methoxy groups -OCH3 is 1. The number of benzene rings is 1. The average molecular weight is 395 g/mol. The number of carbonyl (C=O) groups is 2. The van der Waals surface area contributed by atoms with Crippen LogP contribution in [0.3, 0.4) is 0 Å². The molecule has 1 aliphatic carbocycles. The van der Waals surface area contributed by atoms with E-state index in [0.717, 1.165) is 19.4 Å². The van der Waals surface area contributed by atoms with Crippen molar-refractivity contribution in [2.24, 2.45) is 5.92 Å². The minimum atomic E-state index is -0.580. The zero-order chi connectivity index (χ0) is 19.2. The first-order valence-electron chi connectivity index (χ1n) is 9.63. The van der Waals surface area contributed by atoms with Gasteiger partial charge in [-0.15, -0.1) is 0 Å². The number of hydrogen-bond acceptors (Lipinski definition) is 4. The molecule has 0 radical (unpaired) electrons. The van der Waals surface area contributed by atoms with E-state index < -0.39 is 6.09 Å². The molecule has 1 heterocycles. The second-order valence-corrected chi connectivity index (χ2v) is 7.61. The molecule has 1 aromatic rings. The number of amides is 2. The van der Waals surface area contributed by atoms with E-state index in [0.29, 0.717) is 34.8 Å². The summed E-state index contributed by atoms with van der Waals surface area (Å²) in [7, 11) is 1.54. The molecule has 1 saturated carbocycles. The average Bonchev–Trinajstić information content (AvgIpc) is 2.67. The first-order chi connectivity index (χ1) is 13.1. The van der Waals surface area contributed by atoms with Gasteiger partial charge in [0.1, 0.15) is 6.61 Å². The molecule has 1 saturated heterocycles. The van der Waals surface area contributed by atoms with Gasteiger partial charge in [-0.3, -0.25) is 10.1 Å². The summed E-state index contributed by atoms with van der Waals surface area (Å²) in [5.74, 6) is 0.615. The van der Waals surface area contributed by atoms with Gasteiger partial charge in [0, 0.05) is 25.4 Å². The van der Waals surface area contributed by atoms with Crippen molar-refractivity contribution in [1.82, 2.24) is 4.90 Å². The zero-order valence-corrected chi connectivity index (χ0v) is 16.5. The Morgan fingerprint density at radius 1 is 1.19 bits per heavy atom. The number of anilines is 1. The molecular weight excluding hydrogens is 368 g/mol. The fourth-order valence-electron chi connectivity index (χ4n) is 4.17. The highest BCUT2D eigenvalue weighted by Gasteiger charge is 2.36. The summed E-state index contributed by atoms with van der Waals surface area (Å²) < 4.78 is 9.80. The summed E-state index contributed by atoms with van der Waals surface area (Å²) in [6.45, 7) is 1.30. The molecular formula is C20H27ClN2O4. The SMILES string of the molecule is COCCOC(=O)Nc1ccc(C(=O)N2CCC[C@H]3CCCC[C@H]32)c(Cl)c1. The molecule has 1 aromatic carbocycles. The lowest BCUT2D eigenvalue weighted by Gasteiger charge is -2.44. The summed E-state index contributed by atoms with van der Waals surface area (Å²) in [4.78, 5) is 26.8. The van der Waals surface area contributed by atoms with Crippen molar-refractivity contribution in [2.45, 2.75) is 44.6 Å². The first-order valence-corrected chi connectivity index (χ1v) is 10.0. The number of nitrogens with one attached hydrogen (secondary N) is 1.